The van der Waals surface area contributed by atoms with Gasteiger partial charge in [-0.1, -0.05) is 42.5 Å². The maximum Gasteiger partial charge on any atom is 0.306 e. The number of methoxy groups -OCH3 is 1. The Bertz CT molecular complexity index is 1620. The van der Waals surface area contributed by atoms with Gasteiger partial charge in [-0.05, 0) is 23.8 Å². The number of rotatable bonds is 5. The molecule has 0 amide bonds. The second-order valence-corrected chi connectivity index (χ2v) is 8.16. The summed E-state index contributed by atoms with van der Waals surface area (Å²) in [5, 5.41) is 22.3. The third-order valence-electron chi connectivity index (χ3n) is 6.03. The zero-order valence-corrected chi connectivity index (χ0v) is 18.8. The molecule has 0 aliphatic carbocycles. The van der Waals surface area contributed by atoms with Gasteiger partial charge in [-0.2, -0.15) is 0 Å². The van der Waals surface area contributed by atoms with Gasteiger partial charge in [0.05, 0.1) is 19.0 Å². The molecule has 0 spiro atoms. The highest BCUT2D eigenvalue weighted by Crippen LogP contribution is 2.43. The van der Waals surface area contributed by atoms with Crippen LogP contribution in [0.5, 0.6) is 11.5 Å². The quantitative estimate of drug-likeness (QED) is 0.346. The van der Waals surface area contributed by atoms with Crippen LogP contribution in [0, 0.1) is 0 Å². The summed E-state index contributed by atoms with van der Waals surface area (Å²) in [6, 6.07) is 20.6. The number of hydrogen-bond donors (Lipinski definition) is 2. The second-order valence-electron chi connectivity index (χ2n) is 8.16. The van der Waals surface area contributed by atoms with E-state index < -0.39 is 23.1 Å². The van der Waals surface area contributed by atoms with Crippen LogP contribution in [0.2, 0.25) is 0 Å². The van der Waals surface area contributed by atoms with Crippen molar-refractivity contribution in [2.24, 2.45) is 0 Å². The molecule has 2 aromatic heterocycles. The van der Waals surface area contributed by atoms with Crippen LogP contribution in [-0.2, 0) is 9.53 Å². The number of fused-ring (bicyclic) bond motifs is 2. The minimum absolute atomic E-state index is 0.00837. The maximum atomic E-state index is 13.1. The van der Waals surface area contributed by atoms with Gasteiger partial charge in [0.25, 0.3) is 0 Å². The molecule has 0 radical (unpaired) electrons. The van der Waals surface area contributed by atoms with Crippen molar-refractivity contribution in [2.45, 2.75) is 12.3 Å². The van der Waals surface area contributed by atoms with Gasteiger partial charge in [-0.15, -0.1) is 0 Å². The van der Waals surface area contributed by atoms with Crippen LogP contribution in [0.3, 0.4) is 0 Å². The molecule has 0 aliphatic heterocycles. The van der Waals surface area contributed by atoms with Gasteiger partial charge < -0.3 is 19.4 Å². The molecule has 0 saturated carbocycles. The highest BCUT2D eigenvalue weighted by molar-refractivity contribution is 5.91. The summed E-state index contributed by atoms with van der Waals surface area (Å²) < 4.78 is 11.1. The largest absolute Gasteiger partial charge is 0.507 e. The zero-order chi connectivity index (χ0) is 24.5. The molecule has 0 aliphatic rings. The highest BCUT2D eigenvalue weighted by Gasteiger charge is 2.28. The summed E-state index contributed by atoms with van der Waals surface area (Å²) in [5.74, 6) is -1.68. The Hall–Kier alpha value is -4.65. The number of hydrogen-bond acceptors (Lipinski definition) is 7. The number of ether oxygens (including phenoxy) is 1. The number of esters is 1. The fraction of sp³-hybridized carbons (Fsp3) is 0.107. The van der Waals surface area contributed by atoms with E-state index in [1.165, 1.54) is 13.2 Å². The Labute approximate surface area is 199 Å². The Kier molecular flexibility index (Phi) is 5.66. The number of benzene rings is 3. The van der Waals surface area contributed by atoms with Gasteiger partial charge in [0.2, 0.25) is 0 Å². The molecule has 7 nitrogen and oxygen atoms in total. The van der Waals surface area contributed by atoms with Crippen molar-refractivity contribution >= 4 is 27.8 Å². The van der Waals surface area contributed by atoms with Crippen LogP contribution in [-0.4, -0.2) is 28.3 Å². The lowest BCUT2D eigenvalue weighted by Crippen LogP contribution is -2.12. The zero-order valence-electron chi connectivity index (χ0n) is 18.8. The summed E-state index contributed by atoms with van der Waals surface area (Å²) in [4.78, 5) is 29.8. The number of aromatic nitrogens is 1. The summed E-state index contributed by atoms with van der Waals surface area (Å²) >= 11 is 0. The molecule has 174 valence electrons. The van der Waals surface area contributed by atoms with E-state index in [1.807, 2.05) is 36.4 Å². The number of carbonyl (C=O) groups excluding carboxylic acids is 1. The Morgan fingerprint density at radius 1 is 1.00 bits per heavy atom. The summed E-state index contributed by atoms with van der Waals surface area (Å²) in [6.07, 6.45) is 1.56. The van der Waals surface area contributed by atoms with Crippen LogP contribution in [0.1, 0.15) is 23.5 Å². The molecular formula is C28H21NO6. The molecule has 0 bridgehead atoms. The van der Waals surface area contributed by atoms with Crippen LogP contribution in [0.15, 0.2) is 88.2 Å². The molecule has 1 unspecified atom stereocenters. The topological polar surface area (TPSA) is 110 Å². The average molecular weight is 467 g/mol. The van der Waals surface area contributed by atoms with Crippen molar-refractivity contribution in [3.8, 4) is 22.8 Å². The maximum absolute atomic E-state index is 13.1. The number of phenols is 2. The molecule has 2 N–H and O–H groups in total. The van der Waals surface area contributed by atoms with E-state index in [9.17, 15) is 19.8 Å². The molecule has 0 fully saturated rings. The van der Waals surface area contributed by atoms with E-state index in [0.29, 0.717) is 11.1 Å². The van der Waals surface area contributed by atoms with Crippen LogP contribution >= 0.6 is 0 Å². The minimum Gasteiger partial charge on any atom is -0.507 e. The van der Waals surface area contributed by atoms with Crippen LogP contribution in [0.25, 0.3) is 33.2 Å². The summed E-state index contributed by atoms with van der Waals surface area (Å²) in [6.45, 7) is 0. The predicted molar refractivity (Wildman–Crippen MR) is 131 cm³/mol. The van der Waals surface area contributed by atoms with Gasteiger partial charge in [0, 0.05) is 40.8 Å². The van der Waals surface area contributed by atoms with Gasteiger partial charge in [-0.25, -0.2) is 0 Å². The fourth-order valence-corrected chi connectivity index (χ4v) is 4.35. The van der Waals surface area contributed by atoms with E-state index >= 15 is 0 Å². The monoisotopic (exact) mass is 467 g/mol. The van der Waals surface area contributed by atoms with Crippen molar-refractivity contribution in [1.82, 2.24) is 4.98 Å². The molecule has 5 rings (SSSR count). The molecule has 1 atom stereocenters. The first-order chi connectivity index (χ1) is 17.0. The summed E-state index contributed by atoms with van der Waals surface area (Å²) in [5.41, 5.74) is 1.86. The van der Waals surface area contributed by atoms with E-state index in [-0.39, 0.29) is 34.5 Å². The lowest BCUT2D eigenvalue weighted by Gasteiger charge is -2.20. The molecule has 5 aromatic rings. The fourth-order valence-electron chi connectivity index (χ4n) is 4.35. The van der Waals surface area contributed by atoms with Gasteiger partial charge in [0.15, 0.2) is 5.43 Å². The van der Waals surface area contributed by atoms with Crippen molar-refractivity contribution in [1.29, 1.82) is 0 Å². The number of nitrogens with zero attached hydrogens (tertiary/aromatic N) is 1. The SMILES string of the molecule is COC(=O)CC(c1ccc2ncccc2c1)c1c(O)cc(O)c2c(=O)cc(-c3ccccc3)oc12. The first-order valence-corrected chi connectivity index (χ1v) is 11.0. The lowest BCUT2D eigenvalue weighted by molar-refractivity contribution is -0.140. The second kappa shape index (κ2) is 8.95. The molecule has 0 saturated heterocycles. The Morgan fingerprint density at radius 2 is 1.80 bits per heavy atom. The third kappa shape index (κ3) is 4.08. The first-order valence-electron chi connectivity index (χ1n) is 11.0. The molecule has 2 heterocycles. The minimum atomic E-state index is -0.732. The van der Waals surface area contributed by atoms with Crippen molar-refractivity contribution in [3.63, 3.8) is 0 Å². The van der Waals surface area contributed by atoms with E-state index in [2.05, 4.69) is 4.98 Å². The number of pyridine rings is 1. The standard InChI is InChI=1S/C28H21NO6/c1-34-25(33)13-19(17-9-10-20-18(12-17)8-5-11-29-20)26-21(30)14-22(31)27-23(32)15-24(35-28(26)27)16-6-3-2-4-7-16/h2-12,14-15,19,30-31H,13H2,1H3. The van der Waals surface area contributed by atoms with E-state index in [4.69, 9.17) is 9.15 Å². The molecular weight excluding hydrogens is 446 g/mol. The van der Waals surface area contributed by atoms with Gasteiger partial charge in [-0.3, -0.25) is 14.6 Å². The number of aromatic hydroxyl groups is 2. The first kappa shape index (κ1) is 22.2. The Balaban J connectivity index is 1.81. The average Bonchev–Trinajstić information content (AvgIpc) is 2.87. The smallest absolute Gasteiger partial charge is 0.306 e. The van der Waals surface area contributed by atoms with E-state index in [0.717, 1.165) is 17.0 Å². The van der Waals surface area contributed by atoms with Crippen molar-refractivity contribution in [2.75, 3.05) is 7.11 Å². The highest BCUT2D eigenvalue weighted by atomic mass is 16.5. The van der Waals surface area contributed by atoms with Crippen molar-refractivity contribution in [3.05, 3.63) is 100 Å². The number of phenolic OH excluding ortho intramolecular Hbond substituents is 2. The number of carbonyl (C=O) groups is 1. The van der Waals surface area contributed by atoms with Crippen molar-refractivity contribution < 1.29 is 24.2 Å². The molecule has 7 heteroatoms. The summed E-state index contributed by atoms with van der Waals surface area (Å²) in [7, 11) is 1.28. The normalized spacial score (nSPS) is 12.0. The van der Waals surface area contributed by atoms with Gasteiger partial charge >= 0.3 is 5.97 Å². The molecule has 35 heavy (non-hydrogen) atoms. The predicted octanol–water partition coefficient (Wildman–Crippen LogP) is 5.11. The van der Waals surface area contributed by atoms with Crippen LogP contribution in [0.4, 0.5) is 0 Å². The third-order valence-corrected chi connectivity index (χ3v) is 6.03. The lowest BCUT2D eigenvalue weighted by atomic mass is 9.86. The molecule has 3 aromatic carbocycles. The Morgan fingerprint density at radius 3 is 2.57 bits per heavy atom. The van der Waals surface area contributed by atoms with E-state index in [1.54, 1.807) is 30.5 Å². The van der Waals surface area contributed by atoms with Crippen LogP contribution < -0.4 is 5.43 Å². The van der Waals surface area contributed by atoms with Gasteiger partial charge in [0.1, 0.15) is 28.2 Å².